The normalized spacial score (nSPS) is 20.6. The molecule has 0 bridgehead atoms. The van der Waals surface area contributed by atoms with Crippen molar-refractivity contribution in [2.45, 2.75) is 32.0 Å². The van der Waals surface area contributed by atoms with Gasteiger partial charge in [0.1, 0.15) is 0 Å². The molecule has 4 rings (SSSR count). The summed E-state index contributed by atoms with van der Waals surface area (Å²) in [5.41, 5.74) is 4.03. The van der Waals surface area contributed by atoms with Crippen LogP contribution in [0.2, 0.25) is 0 Å². The van der Waals surface area contributed by atoms with Crippen LogP contribution >= 0.6 is 0 Å². The largest absolute Gasteiger partial charge is 0.294 e. The van der Waals surface area contributed by atoms with E-state index in [9.17, 15) is 0 Å². The van der Waals surface area contributed by atoms with E-state index < -0.39 is 0 Å². The molecule has 0 unspecified atom stereocenters. The number of aromatic nitrogens is 2. The highest BCUT2D eigenvalue weighted by Crippen LogP contribution is 2.40. The van der Waals surface area contributed by atoms with Crippen LogP contribution in [0.4, 0.5) is 0 Å². The summed E-state index contributed by atoms with van der Waals surface area (Å²) in [6.07, 6.45) is 5.15. The molecule has 4 heterocycles. The van der Waals surface area contributed by atoms with Crippen molar-refractivity contribution in [3.05, 3.63) is 59.7 Å². The molecule has 0 N–H and O–H groups in total. The summed E-state index contributed by atoms with van der Waals surface area (Å²) in [4.78, 5) is 14.0. The maximum Gasteiger partial charge on any atom is 0.0547 e. The molecule has 4 heteroatoms. The van der Waals surface area contributed by atoms with Gasteiger partial charge in [-0.05, 0) is 37.1 Å². The molecule has 2 aliphatic rings. The fraction of sp³-hybridized carbons (Fsp3) is 0.444. The van der Waals surface area contributed by atoms with Crippen molar-refractivity contribution in [1.82, 2.24) is 19.8 Å². The van der Waals surface area contributed by atoms with Crippen molar-refractivity contribution < 1.29 is 0 Å². The lowest BCUT2D eigenvalue weighted by molar-refractivity contribution is -0.131. The third-order valence-corrected chi connectivity index (χ3v) is 4.98. The molecule has 114 valence electrons. The van der Waals surface area contributed by atoms with Crippen molar-refractivity contribution in [3.63, 3.8) is 0 Å². The Morgan fingerprint density at radius 3 is 2.73 bits per heavy atom. The van der Waals surface area contributed by atoms with Gasteiger partial charge < -0.3 is 0 Å². The minimum Gasteiger partial charge on any atom is -0.294 e. The summed E-state index contributed by atoms with van der Waals surface area (Å²) < 4.78 is 0. The molecule has 0 saturated carbocycles. The quantitative estimate of drug-likeness (QED) is 0.866. The number of nitrogens with zero attached hydrogens (tertiary/aromatic N) is 4. The third-order valence-electron chi connectivity index (χ3n) is 4.98. The minimum atomic E-state index is 0.416. The molecular weight excluding hydrogens is 272 g/mol. The van der Waals surface area contributed by atoms with E-state index >= 15 is 0 Å². The second-order valence-corrected chi connectivity index (χ2v) is 6.67. The number of rotatable bonds is 4. The van der Waals surface area contributed by atoms with Crippen LogP contribution in [0.5, 0.6) is 0 Å². The van der Waals surface area contributed by atoms with Gasteiger partial charge in [-0.2, -0.15) is 0 Å². The van der Waals surface area contributed by atoms with Crippen LogP contribution < -0.4 is 0 Å². The van der Waals surface area contributed by atoms with Gasteiger partial charge in [0.05, 0.1) is 5.69 Å². The van der Waals surface area contributed by atoms with Crippen molar-refractivity contribution in [2.24, 2.45) is 0 Å². The van der Waals surface area contributed by atoms with Crippen molar-refractivity contribution in [1.29, 1.82) is 0 Å². The zero-order valence-electron chi connectivity index (χ0n) is 13.1. The van der Waals surface area contributed by atoms with Gasteiger partial charge in [0.15, 0.2) is 0 Å². The summed E-state index contributed by atoms with van der Waals surface area (Å²) in [5.74, 6) is 0. The number of likely N-dealkylation sites (tertiary alicyclic amines) is 2. The van der Waals surface area contributed by atoms with Crippen molar-refractivity contribution in [3.8, 4) is 0 Å². The van der Waals surface area contributed by atoms with Crippen molar-refractivity contribution >= 4 is 0 Å². The lowest BCUT2D eigenvalue weighted by Crippen LogP contribution is -2.75. The molecule has 2 aromatic heterocycles. The van der Waals surface area contributed by atoms with Gasteiger partial charge >= 0.3 is 0 Å². The average Bonchev–Trinajstić information content (AvgIpc) is 2.48. The first-order chi connectivity index (χ1) is 10.7. The Kier molecular flexibility index (Phi) is 3.43. The van der Waals surface area contributed by atoms with E-state index in [4.69, 9.17) is 0 Å². The number of hydrogen-bond acceptors (Lipinski definition) is 4. The predicted molar refractivity (Wildman–Crippen MR) is 86.2 cm³/mol. The smallest absolute Gasteiger partial charge is 0.0547 e. The van der Waals surface area contributed by atoms with E-state index in [1.807, 2.05) is 18.5 Å². The maximum atomic E-state index is 4.61. The molecule has 2 saturated heterocycles. The Morgan fingerprint density at radius 2 is 2.05 bits per heavy atom. The van der Waals surface area contributed by atoms with Gasteiger partial charge in [-0.3, -0.25) is 19.8 Å². The zero-order chi connectivity index (χ0) is 15.0. The first-order valence-corrected chi connectivity index (χ1v) is 8.02. The zero-order valence-corrected chi connectivity index (χ0v) is 13.1. The summed E-state index contributed by atoms with van der Waals surface area (Å²) in [6.45, 7) is 7.62. The maximum absolute atomic E-state index is 4.61. The summed E-state index contributed by atoms with van der Waals surface area (Å²) >= 11 is 0. The topological polar surface area (TPSA) is 32.3 Å². The van der Waals surface area contributed by atoms with E-state index in [0.29, 0.717) is 5.54 Å². The molecule has 0 radical (unpaired) electrons. The summed E-state index contributed by atoms with van der Waals surface area (Å²) in [7, 11) is 0. The molecule has 22 heavy (non-hydrogen) atoms. The molecule has 2 aromatic rings. The highest BCUT2D eigenvalue weighted by atomic mass is 15.4. The fourth-order valence-electron chi connectivity index (χ4n) is 3.72. The second-order valence-electron chi connectivity index (χ2n) is 6.67. The molecule has 0 atom stereocenters. The minimum absolute atomic E-state index is 0.416. The molecular formula is C18H22N4. The standard InChI is InChI=1S/C18H22N4/c1-15-4-2-6-17(20-15)12-21-13-18(14-21)7-9-22(18)11-16-5-3-8-19-10-16/h2-6,8,10H,7,9,11-14H2,1H3. The van der Waals surface area contributed by atoms with Gasteiger partial charge in [-0.1, -0.05) is 12.1 Å². The number of pyridine rings is 2. The average molecular weight is 294 g/mol. The monoisotopic (exact) mass is 294 g/mol. The SMILES string of the molecule is Cc1cccc(CN2CC3(CCN3Cc3cccnc3)C2)n1. The first kappa shape index (κ1) is 13.9. The van der Waals surface area contributed by atoms with Crippen molar-refractivity contribution in [2.75, 3.05) is 19.6 Å². The molecule has 0 aromatic carbocycles. The summed E-state index contributed by atoms with van der Waals surface area (Å²) in [5, 5.41) is 0. The van der Waals surface area contributed by atoms with Gasteiger partial charge in [0.25, 0.3) is 0 Å². The fourth-order valence-corrected chi connectivity index (χ4v) is 3.72. The van der Waals surface area contributed by atoms with Crippen LogP contribution in [0.25, 0.3) is 0 Å². The number of hydrogen-bond donors (Lipinski definition) is 0. The van der Waals surface area contributed by atoms with Crippen LogP contribution in [-0.2, 0) is 13.1 Å². The second kappa shape index (κ2) is 5.45. The van der Waals surface area contributed by atoms with Gasteiger partial charge in [0, 0.05) is 56.4 Å². The molecule has 1 spiro atoms. The predicted octanol–water partition coefficient (Wildman–Crippen LogP) is 2.25. The molecule has 4 nitrogen and oxygen atoms in total. The Labute approximate surface area is 131 Å². The molecule has 2 fully saturated rings. The van der Waals surface area contributed by atoms with Gasteiger partial charge in [0.2, 0.25) is 0 Å². The van der Waals surface area contributed by atoms with Gasteiger partial charge in [-0.25, -0.2) is 0 Å². The highest BCUT2D eigenvalue weighted by molar-refractivity contribution is 5.17. The lowest BCUT2D eigenvalue weighted by Gasteiger charge is -2.63. The number of aryl methyl sites for hydroxylation is 1. The summed E-state index contributed by atoms with van der Waals surface area (Å²) in [6, 6.07) is 10.5. The van der Waals surface area contributed by atoms with Crippen LogP contribution in [-0.4, -0.2) is 44.9 Å². The van der Waals surface area contributed by atoms with Crippen LogP contribution in [0, 0.1) is 6.92 Å². The van der Waals surface area contributed by atoms with Crippen LogP contribution in [0.15, 0.2) is 42.7 Å². The Bertz CT molecular complexity index is 649. The Morgan fingerprint density at radius 1 is 1.14 bits per heavy atom. The molecule has 0 amide bonds. The lowest BCUT2D eigenvalue weighted by atomic mass is 9.77. The van der Waals surface area contributed by atoms with E-state index in [1.165, 1.54) is 37.3 Å². The van der Waals surface area contributed by atoms with E-state index in [0.717, 1.165) is 18.8 Å². The van der Waals surface area contributed by atoms with E-state index in [-0.39, 0.29) is 0 Å². The first-order valence-electron chi connectivity index (χ1n) is 8.02. The highest BCUT2D eigenvalue weighted by Gasteiger charge is 2.52. The van der Waals surface area contributed by atoms with Crippen LogP contribution in [0.3, 0.4) is 0 Å². The van der Waals surface area contributed by atoms with E-state index in [1.54, 1.807) is 0 Å². The Hall–Kier alpha value is -1.78. The third kappa shape index (κ3) is 2.53. The molecule has 2 aliphatic heterocycles. The van der Waals surface area contributed by atoms with Gasteiger partial charge in [-0.15, -0.1) is 0 Å². The molecule has 0 aliphatic carbocycles. The Balaban J connectivity index is 1.34. The van der Waals surface area contributed by atoms with E-state index in [2.05, 4.69) is 51.0 Å². The van der Waals surface area contributed by atoms with Crippen LogP contribution in [0.1, 0.15) is 23.4 Å².